The molecule has 1 aromatic rings. The van der Waals surface area contributed by atoms with Crippen LogP contribution >= 0.6 is 0 Å². The molecule has 1 unspecified atom stereocenters. The van der Waals surface area contributed by atoms with E-state index in [-0.39, 0.29) is 23.8 Å². The molecule has 1 heterocycles. The molecule has 0 aliphatic carbocycles. The summed E-state index contributed by atoms with van der Waals surface area (Å²) in [5.41, 5.74) is 0.972. The van der Waals surface area contributed by atoms with Gasteiger partial charge in [-0.15, -0.1) is 0 Å². The number of nitrogens with zero attached hydrogens (tertiary/aromatic N) is 1. The number of para-hydroxylation sites is 1. The van der Waals surface area contributed by atoms with Crippen molar-refractivity contribution in [1.29, 1.82) is 0 Å². The van der Waals surface area contributed by atoms with Gasteiger partial charge in [-0.2, -0.15) is 0 Å². The molecule has 2 amide bonds. The first kappa shape index (κ1) is 16.3. The standard InChI is InChI=1S/C17H24N2O3/c1-12(15-6-4-5-7-16(15)22-3)18-17(21)14-8-10-19(11-9-14)13(2)20/h4-7,12,14H,8-11H2,1-3H3,(H,18,21). The highest BCUT2D eigenvalue weighted by atomic mass is 16.5. The van der Waals surface area contributed by atoms with Crippen LogP contribution in [0.4, 0.5) is 0 Å². The molecule has 1 aliphatic heterocycles. The maximum Gasteiger partial charge on any atom is 0.223 e. The zero-order valence-electron chi connectivity index (χ0n) is 13.5. The number of rotatable bonds is 4. The van der Waals surface area contributed by atoms with Crippen molar-refractivity contribution in [2.75, 3.05) is 20.2 Å². The largest absolute Gasteiger partial charge is 0.496 e. The Balaban J connectivity index is 1.93. The van der Waals surface area contributed by atoms with E-state index in [1.54, 1.807) is 18.9 Å². The predicted octanol–water partition coefficient (Wildman–Crippen LogP) is 2.13. The Hall–Kier alpha value is -2.04. The molecule has 0 radical (unpaired) electrons. The quantitative estimate of drug-likeness (QED) is 0.927. The molecule has 5 heteroatoms. The van der Waals surface area contributed by atoms with E-state index >= 15 is 0 Å². The van der Waals surface area contributed by atoms with E-state index < -0.39 is 0 Å². The summed E-state index contributed by atoms with van der Waals surface area (Å²) in [6, 6.07) is 7.60. The molecule has 120 valence electrons. The van der Waals surface area contributed by atoms with Crippen LogP contribution < -0.4 is 10.1 Å². The van der Waals surface area contributed by atoms with Gasteiger partial charge in [-0.05, 0) is 25.8 Å². The fraction of sp³-hybridized carbons (Fsp3) is 0.529. The minimum absolute atomic E-state index is 0.0206. The molecule has 1 saturated heterocycles. The molecule has 0 bridgehead atoms. The molecule has 1 aromatic carbocycles. The summed E-state index contributed by atoms with van der Waals surface area (Å²) >= 11 is 0. The first-order valence-corrected chi connectivity index (χ1v) is 7.71. The molecular formula is C17H24N2O3. The summed E-state index contributed by atoms with van der Waals surface area (Å²) in [4.78, 5) is 25.5. The summed E-state index contributed by atoms with van der Waals surface area (Å²) in [6.07, 6.45) is 1.45. The van der Waals surface area contributed by atoms with Gasteiger partial charge in [-0.3, -0.25) is 9.59 Å². The molecule has 0 spiro atoms. The number of benzene rings is 1. The Morgan fingerprint density at radius 1 is 1.27 bits per heavy atom. The summed E-state index contributed by atoms with van der Waals surface area (Å²) in [6.45, 7) is 4.86. The highest BCUT2D eigenvalue weighted by molar-refractivity contribution is 5.80. The van der Waals surface area contributed by atoms with Gasteiger partial charge in [0.05, 0.1) is 13.2 Å². The van der Waals surface area contributed by atoms with Crippen LogP contribution in [0.5, 0.6) is 5.75 Å². The number of nitrogens with one attached hydrogen (secondary N) is 1. The van der Waals surface area contributed by atoms with Gasteiger partial charge in [0.1, 0.15) is 5.75 Å². The summed E-state index contributed by atoms with van der Waals surface area (Å²) in [5.74, 6) is 0.900. The normalized spacial score (nSPS) is 17.0. The van der Waals surface area contributed by atoms with Crippen molar-refractivity contribution in [3.8, 4) is 5.75 Å². The third-order valence-corrected chi connectivity index (χ3v) is 4.28. The first-order valence-electron chi connectivity index (χ1n) is 7.71. The molecular weight excluding hydrogens is 280 g/mol. The van der Waals surface area contributed by atoms with E-state index in [1.807, 2.05) is 31.2 Å². The average molecular weight is 304 g/mol. The van der Waals surface area contributed by atoms with E-state index in [1.165, 1.54) is 0 Å². The SMILES string of the molecule is COc1ccccc1C(C)NC(=O)C1CCN(C(C)=O)CC1. The van der Waals surface area contributed by atoms with Crippen LogP contribution in [-0.4, -0.2) is 36.9 Å². The number of likely N-dealkylation sites (tertiary alicyclic amines) is 1. The lowest BCUT2D eigenvalue weighted by molar-refractivity contribution is -0.134. The van der Waals surface area contributed by atoms with Crippen LogP contribution in [0.3, 0.4) is 0 Å². The Morgan fingerprint density at radius 3 is 2.50 bits per heavy atom. The summed E-state index contributed by atoms with van der Waals surface area (Å²) < 4.78 is 5.34. The maximum atomic E-state index is 12.4. The van der Waals surface area contributed by atoms with Gasteiger partial charge < -0.3 is 15.0 Å². The number of ether oxygens (including phenoxy) is 1. The minimum atomic E-state index is -0.102. The van der Waals surface area contributed by atoms with Gasteiger partial charge in [0.25, 0.3) is 0 Å². The van der Waals surface area contributed by atoms with Gasteiger partial charge in [0.15, 0.2) is 0 Å². The second-order valence-corrected chi connectivity index (χ2v) is 5.75. The minimum Gasteiger partial charge on any atom is -0.496 e. The molecule has 1 aliphatic rings. The highest BCUT2D eigenvalue weighted by Crippen LogP contribution is 2.25. The molecule has 0 aromatic heterocycles. The van der Waals surface area contributed by atoms with Crippen LogP contribution in [0, 0.1) is 5.92 Å². The second-order valence-electron chi connectivity index (χ2n) is 5.75. The number of carbonyl (C=O) groups is 2. The number of amides is 2. The fourth-order valence-electron chi connectivity index (χ4n) is 2.89. The Morgan fingerprint density at radius 2 is 1.91 bits per heavy atom. The Labute approximate surface area is 131 Å². The third-order valence-electron chi connectivity index (χ3n) is 4.28. The van der Waals surface area contributed by atoms with E-state index in [9.17, 15) is 9.59 Å². The van der Waals surface area contributed by atoms with Gasteiger partial charge in [0.2, 0.25) is 11.8 Å². The van der Waals surface area contributed by atoms with Gasteiger partial charge in [0, 0.05) is 31.5 Å². The van der Waals surface area contributed by atoms with Crippen molar-refractivity contribution in [2.24, 2.45) is 5.92 Å². The fourth-order valence-corrected chi connectivity index (χ4v) is 2.89. The molecule has 1 N–H and O–H groups in total. The first-order chi connectivity index (χ1) is 10.5. The van der Waals surface area contributed by atoms with Gasteiger partial charge in [-0.1, -0.05) is 18.2 Å². The molecule has 22 heavy (non-hydrogen) atoms. The van der Waals surface area contributed by atoms with Crippen molar-refractivity contribution >= 4 is 11.8 Å². The third kappa shape index (κ3) is 3.78. The maximum absolute atomic E-state index is 12.4. The molecule has 1 fully saturated rings. The lowest BCUT2D eigenvalue weighted by Crippen LogP contribution is -2.42. The van der Waals surface area contributed by atoms with Crippen molar-refractivity contribution < 1.29 is 14.3 Å². The summed E-state index contributed by atoms with van der Waals surface area (Å²) in [7, 11) is 1.63. The lowest BCUT2D eigenvalue weighted by atomic mass is 9.95. The van der Waals surface area contributed by atoms with Gasteiger partial charge >= 0.3 is 0 Å². The number of carbonyl (C=O) groups excluding carboxylic acids is 2. The smallest absolute Gasteiger partial charge is 0.223 e. The average Bonchev–Trinajstić information content (AvgIpc) is 2.54. The zero-order valence-corrected chi connectivity index (χ0v) is 13.5. The summed E-state index contributed by atoms with van der Waals surface area (Å²) in [5, 5.41) is 3.06. The van der Waals surface area contributed by atoms with E-state index in [2.05, 4.69) is 5.32 Å². The second kappa shape index (κ2) is 7.29. The monoisotopic (exact) mass is 304 g/mol. The Bertz CT molecular complexity index is 536. The number of methoxy groups -OCH3 is 1. The topological polar surface area (TPSA) is 58.6 Å². The van der Waals surface area contributed by atoms with Crippen molar-refractivity contribution in [3.05, 3.63) is 29.8 Å². The van der Waals surface area contributed by atoms with Crippen LogP contribution in [0.15, 0.2) is 24.3 Å². The van der Waals surface area contributed by atoms with E-state index in [0.29, 0.717) is 13.1 Å². The van der Waals surface area contributed by atoms with Crippen LogP contribution in [0.2, 0.25) is 0 Å². The predicted molar refractivity (Wildman–Crippen MR) is 84.5 cm³/mol. The zero-order chi connectivity index (χ0) is 16.1. The van der Waals surface area contributed by atoms with E-state index in [4.69, 9.17) is 4.74 Å². The van der Waals surface area contributed by atoms with Crippen LogP contribution in [-0.2, 0) is 9.59 Å². The molecule has 5 nitrogen and oxygen atoms in total. The molecule has 1 atom stereocenters. The Kier molecular flexibility index (Phi) is 5.41. The van der Waals surface area contributed by atoms with Crippen LogP contribution in [0.1, 0.15) is 38.3 Å². The van der Waals surface area contributed by atoms with Crippen molar-refractivity contribution in [3.63, 3.8) is 0 Å². The number of hydrogen-bond acceptors (Lipinski definition) is 3. The molecule has 0 saturated carbocycles. The van der Waals surface area contributed by atoms with Gasteiger partial charge in [-0.25, -0.2) is 0 Å². The lowest BCUT2D eigenvalue weighted by Gasteiger charge is -2.31. The van der Waals surface area contributed by atoms with Crippen LogP contribution in [0.25, 0.3) is 0 Å². The highest BCUT2D eigenvalue weighted by Gasteiger charge is 2.27. The van der Waals surface area contributed by atoms with Crippen molar-refractivity contribution in [1.82, 2.24) is 10.2 Å². The number of hydrogen-bond donors (Lipinski definition) is 1. The molecule has 2 rings (SSSR count). The van der Waals surface area contributed by atoms with E-state index in [0.717, 1.165) is 24.2 Å². The van der Waals surface area contributed by atoms with Crippen molar-refractivity contribution in [2.45, 2.75) is 32.7 Å². The number of piperidine rings is 1.